The number of hydrogen-bond acceptors (Lipinski definition) is 2. The second-order valence-electron chi connectivity index (χ2n) is 5.16. The number of carbonyl (C=O) groups is 1. The Kier molecular flexibility index (Phi) is 3.31. The maximum Gasteiger partial charge on any atom is 0.315 e. The summed E-state index contributed by atoms with van der Waals surface area (Å²) in [5, 5.41) is 5.87. The maximum atomic E-state index is 11.7. The molecule has 17 heavy (non-hydrogen) atoms. The Morgan fingerprint density at radius 2 is 2.29 bits per heavy atom. The highest BCUT2D eigenvalue weighted by Crippen LogP contribution is 2.39. The Morgan fingerprint density at radius 3 is 2.88 bits per heavy atom. The fourth-order valence-electron chi connectivity index (χ4n) is 1.93. The molecule has 0 saturated heterocycles. The van der Waals surface area contributed by atoms with Crippen LogP contribution in [0.2, 0.25) is 0 Å². The van der Waals surface area contributed by atoms with E-state index in [2.05, 4.69) is 29.5 Å². The zero-order valence-corrected chi connectivity index (χ0v) is 10.4. The van der Waals surface area contributed by atoms with Gasteiger partial charge in [-0.2, -0.15) is 0 Å². The first-order chi connectivity index (χ1) is 8.08. The van der Waals surface area contributed by atoms with Gasteiger partial charge in [0.2, 0.25) is 0 Å². The first-order valence-corrected chi connectivity index (χ1v) is 6.03. The molecule has 4 heteroatoms. The minimum atomic E-state index is -0.106. The lowest BCUT2D eigenvalue weighted by Gasteiger charge is -2.26. The summed E-state index contributed by atoms with van der Waals surface area (Å²) in [4.78, 5) is 15.7. The van der Waals surface area contributed by atoms with Gasteiger partial charge in [0.25, 0.3) is 0 Å². The molecule has 0 bridgehead atoms. The normalized spacial score (nSPS) is 15.4. The molecule has 2 rings (SSSR count). The standard InChI is InChI=1S/C13H19N3O/c1-13(2,11-5-6-11)16-12(17)15-9-10-4-3-7-14-8-10/h3-4,7-8,11H,5-6,9H2,1-2H3,(H2,15,16,17). The average Bonchev–Trinajstić information content (AvgIpc) is 3.11. The van der Waals surface area contributed by atoms with Crippen LogP contribution in [0.5, 0.6) is 0 Å². The number of nitrogens with zero attached hydrogens (tertiary/aromatic N) is 1. The molecule has 0 aromatic carbocycles. The predicted octanol–water partition coefficient (Wildman–Crippen LogP) is 2.07. The van der Waals surface area contributed by atoms with Gasteiger partial charge in [0.1, 0.15) is 0 Å². The number of aromatic nitrogens is 1. The van der Waals surface area contributed by atoms with E-state index in [1.165, 1.54) is 12.8 Å². The lowest BCUT2D eigenvalue weighted by atomic mass is 9.99. The van der Waals surface area contributed by atoms with E-state index in [0.717, 1.165) is 5.56 Å². The molecule has 1 heterocycles. The van der Waals surface area contributed by atoms with Crippen LogP contribution in [-0.4, -0.2) is 16.6 Å². The van der Waals surface area contributed by atoms with E-state index >= 15 is 0 Å². The first kappa shape index (κ1) is 11.9. The molecule has 1 aromatic heterocycles. The molecule has 0 radical (unpaired) electrons. The van der Waals surface area contributed by atoms with Crippen LogP contribution in [0.25, 0.3) is 0 Å². The van der Waals surface area contributed by atoms with E-state index in [4.69, 9.17) is 0 Å². The van der Waals surface area contributed by atoms with Gasteiger partial charge in [-0.25, -0.2) is 4.79 Å². The molecule has 1 saturated carbocycles. The van der Waals surface area contributed by atoms with Crippen molar-refractivity contribution in [2.75, 3.05) is 0 Å². The van der Waals surface area contributed by atoms with E-state index in [1.807, 2.05) is 12.1 Å². The molecule has 2 N–H and O–H groups in total. The summed E-state index contributed by atoms with van der Waals surface area (Å²) in [6.45, 7) is 4.67. The third-order valence-corrected chi connectivity index (χ3v) is 3.21. The Balaban J connectivity index is 1.78. The number of hydrogen-bond donors (Lipinski definition) is 2. The van der Waals surface area contributed by atoms with Crippen molar-refractivity contribution in [3.05, 3.63) is 30.1 Å². The number of pyridine rings is 1. The fourth-order valence-corrected chi connectivity index (χ4v) is 1.93. The molecule has 0 atom stereocenters. The molecule has 0 unspecified atom stereocenters. The van der Waals surface area contributed by atoms with Crippen molar-refractivity contribution in [1.82, 2.24) is 15.6 Å². The van der Waals surface area contributed by atoms with Crippen molar-refractivity contribution in [1.29, 1.82) is 0 Å². The largest absolute Gasteiger partial charge is 0.334 e. The number of urea groups is 1. The molecule has 4 nitrogen and oxygen atoms in total. The van der Waals surface area contributed by atoms with Crippen LogP contribution in [0, 0.1) is 5.92 Å². The number of nitrogens with one attached hydrogen (secondary N) is 2. The van der Waals surface area contributed by atoms with Gasteiger partial charge in [0.05, 0.1) is 0 Å². The molecular formula is C13H19N3O. The second kappa shape index (κ2) is 4.73. The Labute approximate surface area is 102 Å². The quantitative estimate of drug-likeness (QED) is 0.836. The molecule has 1 aromatic rings. The van der Waals surface area contributed by atoms with Crippen molar-refractivity contribution >= 4 is 6.03 Å². The van der Waals surface area contributed by atoms with Crippen LogP contribution in [0.1, 0.15) is 32.3 Å². The lowest BCUT2D eigenvalue weighted by Crippen LogP contribution is -2.49. The molecule has 1 aliphatic carbocycles. The molecule has 1 aliphatic rings. The highest BCUT2D eigenvalue weighted by Gasteiger charge is 2.38. The average molecular weight is 233 g/mol. The van der Waals surface area contributed by atoms with Crippen LogP contribution in [0.4, 0.5) is 4.79 Å². The summed E-state index contributed by atoms with van der Waals surface area (Å²) in [6, 6.07) is 3.70. The van der Waals surface area contributed by atoms with E-state index in [0.29, 0.717) is 12.5 Å². The molecular weight excluding hydrogens is 214 g/mol. The summed E-state index contributed by atoms with van der Waals surface area (Å²) in [7, 11) is 0. The van der Waals surface area contributed by atoms with Gasteiger partial charge < -0.3 is 10.6 Å². The van der Waals surface area contributed by atoms with Crippen LogP contribution in [0.15, 0.2) is 24.5 Å². The molecule has 0 spiro atoms. The summed E-state index contributed by atoms with van der Waals surface area (Å²) in [5.41, 5.74) is 0.908. The predicted molar refractivity (Wildman–Crippen MR) is 66.4 cm³/mol. The second-order valence-corrected chi connectivity index (χ2v) is 5.16. The van der Waals surface area contributed by atoms with E-state index < -0.39 is 0 Å². The highest BCUT2D eigenvalue weighted by molar-refractivity contribution is 5.74. The van der Waals surface area contributed by atoms with Gasteiger partial charge in [-0.15, -0.1) is 0 Å². The number of amides is 2. The zero-order valence-electron chi connectivity index (χ0n) is 10.4. The maximum absolute atomic E-state index is 11.7. The van der Waals surface area contributed by atoms with Crippen LogP contribution >= 0.6 is 0 Å². The minimum absolute atomic E-state index is 0.0982. The highest BCUT2D eigenvalue weighted by atomic mass is 16.2. The monoisotopic (exact) mass is 233 g/mol. The Bertz CT molecular complexity index is 385. The van der Waals surface area contributed by atoms with Crippen molar-refractivity contribution in [3.8, 4) is 0 Å². The van der Waals surface area contributed by atoms with Gasteiger partial charge in [-0.1, -0.05) is 6.07 Å². The summed E-state index contributed by atoms with van der Waals surface area (Å²) in [6.07, 6.45) is 5.91. The van der Waals surface area contributed by atoms with Gasteiger partial charge in [-0.3, -0.25) is 4.98 Å². The summed E-state index contributed by atoms with van der Waals surface area (Å²) < 4.78 is 0. The Morgan fingerprint density at radius 1 is 1.53 bits per heavy atom. The van der Waals surface area contributed by atoms with Crippen molar-refractivity contribution in [3.63, 3.8) is 0 Å². The first-order valence-electron chi connectivity index (χ1n) is 6.03. The third-order valence-electron chi connectivity index (χ3n) is 3.21. The van der Waals surface area contributed by atoms with Crippen LogP contribution in [0.3, 0.4) is 0 Å². The van der Waals surface area contributed by atoms with E-state index in [9.17, 15) is 4.79 Å². The SMILES string of the molecule is CC(C)(NC(=O)NCc1cccnc1)C1CC1. The van der Waals surface area contributed by atoms with Gasteiger partial charge >= 0.3 is 6.03 Å². The van der Waals surface area contributed by atoms with Gasteiger partial charge in [-0.05, 0) is 44.2 Å². The lowest BCUT2D eigenvalue weighted by molar-refractivity contribution is 0.225. The topological polar surface area (TPSA) is 54.0 Å². The van der Waals surface area contributed by atoms with Crippen LogP contribution < -0.4 is 10.6 Å². The zero-order chi connectivity index (χ0) is 12.3. The van der Waals surface area contributed by atoms with Gasteiger partial charge in [0.15, 0.2) is 0 Å². The van der Waals surface area contributed by atoms with Crippen molar-refractivity contribution in [2.24, 2.45) is 5.92 Å². The molecule has 92 valence electrons. The van der Waals surface area contributed by atoms with Crippen LogP contribution in [-0.2, 0) is 6.54 Å². The minimum Gasteiger partial charge on any atom is -0.334 e. The Hall–Kier alpha value is -1.58. The third kappa shape index (κ3) is 3.44. The summed E-state index contributed by atoms with van der Waals surface area (Å²) in [5.74, 6) is 0.631. The number of rotatable bonds is 4. The smallest absolute Gasteiger partial charge is 0.315 e. The van der Waals surface area contributed by atoms with Gasteiger partial charge in [0, 0.05) is 24.5 Å². The van der Waals surface area contributed by atoms with E-state index in [1.54, 1.807) is 12.4 Å². The molecule has 0 aliphatic heterocycles. The van der Waals surface area contributed by atoms with Crippen molar-refractivity contribution in [2.45, 2.75) is 38.8 Å². The van der Waals surface area contributed by atoms with Crippen molar-refractivity contribution < 1.29 is 4.79 Å². The molecule has 1 fully saturated rings. The van der Waals surface area contributed by atoms with E-state index in [-0.39, 0.29) is 11.6 Å². The fraction of sp³-hybridized carbons (Fsp3) is 0.538. The molecule has 2 amide bonds. The number of carbonyl (C=O) groups excluding carboxylic acids is 1. The summed E-state index contributed by atoms with van der Waals surface area (Å²) >= 11 is 0.